The van der Waals surface area contributed by atoms with Gasteiger partial charge in [0.2, 0.25) is 11.8 Å². The van der Waals surface area contributed by atoms with Gasteiger partial charge >= 0.3 is 0 Å². The SMILES string of the molecule is CC(C)[C@@H](NC(=O)CCCc1ccccc1)C(=O)N1CC[C@](O)(c2ccc(Cl)cc2)C(C)(C)C1. The molecule has 5 nitrogen and oxygen atoms in total. The van der Waals surface area contributed by atoms with Crippen molar-refractivity contribution in [3.05, 3.63) is 70.7 Å². The Bertz CT molecular complexity index is 975. The van der Waals surface area contributed by atoms with Crippen LogP contribution in [0.15, 0.2) is 54.6 Å². The van der Waals surface area contributed by atoms with Crippen LogP contribution in [0.3, 0.4) is 0 Å². The number of hydrogen-bond donors (Lipinski definition) is 2. The van der Waals surface area contributed by atoms with Crippen molar-refractivity contribution in [2.45, 2.75) is 65.0 Å². The lowest BCUT2D eigenvalue weighted by Crippen LogP contribution is -2.60. The summed E-state index contributed by atoms with van der Waals surface area (Å²) in [5, 5.41) is 15.2. The molecule has 0 radical (unpaired) electrons. The first-order chi connectivity index (χ1) is 16.0. The van der Waals surface area contributed by atoms with E-state index in [-0.39, 0.29) is 17.7 Å². The molecule has 0 unspecified atom stereocenters. The number of amides is 2. The molecule has 3 rings (SSSR count). The first-order valence-electron chi connectivity index (χ1n) is 12.1. The third-order valence-corrected chi connectivity index (χ3v) is 7.30. The van der Waals surface area contributed by atoms with Crippen molar-refractivity contribution in [1.82, 2.24) is 10.2 Å². The van der Waals surface area contributed by atoms with Gasteiger partial charge in [-0.2, -0.15) is 0 Å². The van der Waals surface area contributed by atoms with Gasteiger partial charge in [-0.1, -0.05) is 81.8 Å². The molecule has 184 valence electrons. The average Bonchev–Trinajstić information content (AvgIpc) is 2.79. The molecule has 1 heterocycles. The molecule has 1 aliphatic heterocycles. The summed E-state index contributed by atoms with van der Waals surface area (Å²) in [6.45, 7) is 8.69. The molecule has 2 atom stereocenters. The van der Waals surface area contributed by atoms with Gasteiger partial charge in [0.05, 0.1) is 5.60 Å². The number of aliphatic hydroxyl groups is 1. The molecule has 0 aliphatic carbocycles. The zero-order valence-corrected chi connectivity index (χ0v) is 21.4. The van der Waals surface area contributed by atoms with Crippen LogP contribution in [0.4, 0.5) is 0 Å². The van der Waals surface area contributed by atoms with Crippen molar-refractivity contribution in [3.63, 3.8) is 0 Å². The second kappa shape index (κ2) is 10.9. The third kappa shape index (κ3) is 6.00. The Morgan fingerprint density at radius 1 is 1.09 bits per heavy atom. The second-order valence-corrected chi connectivity index (χ2v) is 10.8. The van der Waals surface area contributed by atoms with Gasteiger partial charge in [0.25, 0.3) is 0 Å². The van der Waals surface area contributed by atoms with Crippen molar-refractivity contribution in [1.29, 1.82) is 0 Å². The van der Waals surface area contributed by atoms with Crippen LogP contribution in [0.5, 0.6) is 0 Å². The minimum absolute atomic E-state index is 0.0363. The summed E-state index contributed by atoms with van der Waals surface area (Å²) in [6.07, 6.45) is 2.37. The monoisotopic (exact) mass is 484 g/mol. The van der Waals surface area contributed by atoms with Crippen LogP contribution in [0.1, 0.15) is 58.1 Å². The molecule has 1 saturated heterocycles. The van der Waals surface area contributed by atoms with E-state index in [1.807, 2.05) is 58.0 Å². The van der Waals surface area contributed by atoms with Gasteiger partial charge in [0.15, 0.2) is 0 Å². The average molecular weight is 485 g/mol. The summed E-state index contributed by atoms with van der Waals surface area (Å²) in [5.41, 5.74) is 0.370. The van der Waals surface area contributed by atoms with E-state index in [9.17, 15) is 14.7 Å². The van der Waals surface area contributed by atoms with E-state index in [0.29, 0.717) is 31.0 Å². The number of halogens is 1. The van der Waals surface area contributed by atoms with Crippen LogP contribution >= 0.6 is 11.6 Å². The van der Waals surface area contributed by atoms with Gasteiger partial charge in [0, 0.05) is 29.9 Å². The van der Waals surface area contributed by atoms with Crippen LogP contribution in [-0.2, 0) is 21.6 Å². The van der Waals surface area contributed by atoms with Gasteiger partial charge in [-0.25, -0.2) is 0 Å². The lowest BCUT2D eigenvalue weighted by Gasteiger charge is -2.51. The number of nitrogens with one attached hydrogen (secondary N) is 1. The van der Waals surface area contributed by atoms with Gasteiger partial charge < -0.3 is 15.3 Å². The number of piperidine rings is 1. The van der Waals surface area contributed by atoms with Crippen molar-refractivity contribution >= 4 is 23.4 Å². The number of rotatable bonds is 8. The smallest absolute Gasteiger partial charge is 0.245 e. The van der Waals surface area contributed by atoms with Gasteiger partial charge in [-0.3, -0.25) is 9.59 Å². The van der Waals surface area contributed by atoms with Crippen molar-refractivity contribution in [2.75, 3.05) is 13.1 Å². The zero-order chi connectivity index (χ0) is 24.9. The van der Waals surface area contributed by atoms with E-state index in [1.54, 1.807) is 17.0 Å². The molecule has 1 fully saturated rings. The number of carbonyl (C=O) groups is 2. The van der Waals surface area contributed by atoms with Gasteiger partial charge in [0.1, 0.15) is 6.04 Å². The summed E-state index contributed by atoms with van der Waals surface area (Å²) in [7, 11) is 0. The van der Waals surface area contributed by atoms with E-state index in [0.717, 1.165) is 18.4 Å². The minimum Gasteiger partial charge on any atom is -0.384 e. The standard InChI is InChI=1S/C28H37ClN2O3/c1-20(2)25(30-24(32)12-8-11-21-9-6-5-7-10-21)26(33)31-18-17-28(34,27(3,4)19-31)22-13-15-23(29)16-14-22/h5-7,9-10,13-16,20,25,34H,8,11-12,17-19H2,1-4H3,(H,30,32)/t25-,28+/m1/s1. The number of likely N-dealkylation sites (tertiary alicyclic amines) is 1. The number of hydrogen-bond acceptors (Lipinski definition) is 3. The fourth-order valence-electron chi connectivity index (χ4n) is 4.82. The maximum Gasteiger partial charge on any atom is 0.245 e. The van der Waals surface area contributed by atoms with E-state index >= 15 is 0 Å². The highest BCUT2D eigenvalue weighted by Crippen LogP contribution is 2.46. The Morgan fingerprint density at radius 3 is 2.32 bits per heavy atom. The van der Waals surface area contributed by atoms with Crippen LogP contribution in [0.2, 0.25) is 5.02 Å². The Morgan fingerprint density at radius 2 is 1.74 bits per heavy atom. The first-order valence-corrected chi connectivity index (χ1v) is 12.5. The Hall–Kier alpha value is -2.37. The fraction of sp³-hybridized carbons (Fsp3) is 0.500. The van der Waals surface area contributed by atoms with Crippen molar-refractivity contribution in [2.24, 2.45) is 11.3 Å². The van der Waals surface area contributed by atoms with Gasteiger partial charge in [-0.05, 0) is 48.4 Å². The largest absolute Gasteiger partial charge is 0.384 e. The van der Waals surface area contributed by atoms with Gasteiger partial charge in [-0.15, -0.1) is 0 Å². The predicted molar refractivity (Wildman–Crippen MR) is 136 cm³/mol. The highest BCUT2D eigenvalue weighted by atomic mass is 35.5. The quantitative estimate of drug-likeness (QED) is 0.557. The molecule has 0 saturated carbocycles. The van der Waals surface area contributed by atoms with Crippen molar-refractivity contribution < 1.29 is 14.7 Å². The molecule has 2 aromatic rings. The molecule has 1 aliphatic rings. The molecular formula is C28H37ClN2O3. The molecule has 0 aromatic heterocycles. The number of carbonyl (C=O) groups excluding carboxylic acids is 2. The summed E-state index contributed by atoms with van der Waals surface area (Å²) in [6, 6.07) is 16.8. The number of benzene rings is 2. The summed E-state index contributed by atoms with van der Waals surface area (Å²) < 4.78 is 0. The zero-order valence-electron chi connectivity index (χ0n) is 20.7. The predicted octanol–water partition coefficient (Wildman–Crippen LogP) is 4.95. The highest BCUT2D eigenvalue weighted by molar-refractivity contribution is 6.30. The van der Waals surface area contributed by atoms with E-state index in [4.69, 9.17) is 11.6 Å². The number of nitrogens with zero attached hydrogens (tertiary/aromatic N) is 1. The molecule has 0 bridgehead atoms. The van der Waals surface area contributed by atoms with E-state index < -0.39 is 17.1 Å². The molecule has 6 heteroatoms. The van der Waals surface area contributed by atoms with Crippen LogP contribution in [-0.4, -0.2) is 41.0 Å². The van der Waals surface area contributed by atoms with Crippen LogP contribution in [0.25, 0.3) is 0 Å². The molecule has 34 heavy (non-hydrogen) atoms. The Kier molecular flexibility index (Phi) is 8.43. The maximum absolute atomic E-state index is 13.5. The fourth-order valence-corrected chi connectivity index (χ4v) is 4.95. The summed E-state index contributed by atoms with van der Waals surface area (Å²) in [5.74, 6) is -0.222. The second-order valence-electron chi connectivity index (χ2n) is 10.4. The lowest BCUT2D eigenvalue weighted by atomic mass is 9.66. The van der Waals surface area contributed by atoms with Crippen molar-refractivity contribution in [3.8, 4) is 0 Å². The first kappa shape index (κ1) is 26.2. The molecular weight excluding hydrogens is 448 g/mol. The topological polar surface area (TPSA) is 69.6 Å². The highest BCUT2D eigenvalue weighted by Gasteiger charge is 2.50. The molecule has 0 spiro atoms. The Labute approximate surface area is 208 Å². The molecule has 2 N–H and O–H groups in total. The van der Waals surface area contributed by atoms with Crippen LogP contribution in [0, 0.1) is 11.3 Å². The molecule has 2 amide bonds. The van der Waals surface area contributed by atoms with E-state index in [1.165, 1.54) is 5.56 Å². The lowest BCUT2D eigenvalue weighted by molar-refractivity contribution is -0.156. The number of aryl methyl sites for hydroxylation is 1. The molecule has 2 aromatic carbocycles. The third-order valence-electron chi connectivity index (χ3n) is 7.04. The maximum atomic E-state index is 13.5. The van der Waals surface area contributed by atoms with Crippen LogP contribution < -0.4 is 5.32 Å². The minimum atomic E-state index is -1.07. The normalized spacial score (nSPS) is 20.7. The summed E-state index contributed by atoms with van der Waals surface area (Å²) in [4.78, 5) is 27.9. The van der Waals surface area contributed by atoms with E-state index in [2.05, 4.69) is 17.4 Å². The summed E-state index contributed by atoms with van der Waals surface area (Å²) >= 11 is 6.03. The Balaban J connectivity index is 1.62.